The molecule has 1 heterocycles. The van der Waals surface area contributed by atoms with Gasteiger partial charge in [-0.2, -0.15) is 0 Å². The second-order valence-electron chi connectivity index (χ2n) is 3.73. The maximum Gasteiger partial charge on any atom is 0.159 e. The van der Waals surface area contributed by atoms with Crippen molar-refractivity contribution < 1.29 is 4.74 Å². The molecule has 0 saturated carbocycles. The van der Waals surface area contributed by atoms with Gasteiger partial charge in [0.05, 0.1) is 0 Å². The fraction of sp³-hybridized carbons (Fsp3) is 0.667. The zero-order chi connectivity index (χ0) is 12.1. The van der Waals surface area contributed by atoms with Gasteiger partial charge in [-0.25, -0.2) is 9.97 Å². The van der Waals surface area contributed by atoms with Crippen LogP contribution < -0.4 is 5.32 Å². The number of nitrogens with zero attached hydrogens (tertiary/aromatic N) is 2. The molecule has 1 aromatic rings. The van der Waals surface area contributed by atoms with Gasteiger partial charge in [-0.05, 0) is 19.8 Å². The van der Waals surface area contributed by atoms with E-state index >= 15 is 0 Å². The van der Waals surface area contributed by atoms with Crippen LogP contribution in [0.2, 0.25) is 0 Å². The van der Waals surface area contributed by atoms with E-state index in [0.717, 1.165) is 30.2 Å². The molecule has 0 bridgehead atoms. The molecule has 0 aliphatic carbocycles. The quantitative estimate of drug-likeness (QED) is 0.833. The van der Waals surface area contributed by atoms with Crippen LogP contribution in [0.1, 0.15) is 43.5 Å². The molecular weight excluding hydrogens is 202 g/mol. The van der Waals surface area contributed by atoms with Crippen LogP contribution in [0.25, 0.3) is 0 Å². The molecule has 0 aliphatic rings. The van der Waals surface area contributed by atoms with Crippen molar-refractivity contribution in [2.24, 2.45) is 0 Å². The lowest BCUT2D eigenvalue weighted by molar-refractivity contribution is 0.0925. The summed E-state index contributed by atoms with van der Waals surface area (Å²) < 4.78 is 5.36. The van der Waals surface area contributed by atoms with Gasteiger partial charge in [-0.1, -0.05) is 13.8 Å². The number of nitrogens with one attached hydrogen (secondary N) is 1. The van der Waals surface area contributed by atoms with Gasteiger partial charge >= 0.3 is 0 Å². The Labute approximate surface area is 97.5 Å². The van der Waals surface area contributed by atoms with Crippen LogP contribution in [0.3, 0.4) is 0 Å². The highest BCUT2D eigenvalue weighted by atomic mass is 16.5. The number of rotatable bonds is 5. The van der Waals surface area contributed by atoms with E-state index in [1.54, 1.807) is 7.11 Å². The van der Waals surface area contributed by atoms with Crippen LogP contribution in [-0.2, 0) is 11.2 Å². The summed E-state index contributed by atoms with van der Waals surface area (Å²) in [7, 11) is 3.58. The fourth-order valence-electron chi connectivity index (χ4n) is 1.85. The molecule has 0 amide bonds. The molecule has 0 aliphatic heterocycles. The van der Waals surface area contributed by atoms with Crippen molar-refractivity contribution in [3.63, 3.8) is 0 Å². The van der Waals surface area contributed by atoms with Crippen molar-refractivity contribution in [1.29, 1.82) is 0 Å². The van der Waals surface area contributed by atoms with Crippen LogP contribution in [0.15, 0.2) is 0 Å². The van der Waals surface area contributed by atoms with E-state index in [1.807, 2.05) is 14.0 Å². The number of ether oxygens (including phenoxy) is 1. The van der Waals surface area contributed by atoms with Gasteiger partial charge < -0.3 is 10.1 Å². The molecule has 0 aromatic carbocycles. The predicted molar refractivity (Wildman–Crippen MR) is 65.7 cm³/mol. The van der Waals surface area contributed by atoms with Gasteiger partial charge in [-0.3, -0.25) is 0 Å². The van der Waals surface area contributed by atoms with Crippen molar-refractivity contribution in [1.82, 2.24) is 9.97 Å². The number of hydrogen-bond acceptors (Lipinski definition) is 4. The lowest BCUT2D eigenvalue weighted by Gasteiger charge is -2.16. The van der Waals surface area contributed by atoms with Gasteiger partial charge in [0.1, 0.15) is 11.9 Å². The van der Waals surface area contributed by atoms with Crippen LogP contribution in [-0.4, -0.2) is 24.1 Å². The molecule has 1 rings (SSSR count). The van der Waals surface area contributed by atoms with Crippen molar-refractivity contribution in [2.45, 2.75) is 39.7 Å². The first-order valence-corrected chi connectivity index (χ1v) is 5.75. The molecule has 0 saturated heterocycles. The molecule has 0 fully saturated rings. The topological polar surface area (TPSA) is 47.0 Å². The first kappa shape index (κ1) is 12.9. The molecule has 90 valence electrons. The Kier molecular flexibility index (Phi) is 4.68. The first-order chi connectivity index (χ1) is 7.67. The largest absolute Gasteiger partial charge is 0.373 e. The zero-order valence-electron chi connectivity index (χ0n) is 10.8. The summed E-state index contributed by atoms with van der Waals surface area (Å²) in [5, 5.41) is 3.12. The number of hydrogen-bond donors (Lipinski definition) is 1. The summed E-state index contributed by atoms with van der Waals surface area (Å²) in [5.74, 6) is 1.68. The Hall–Kier alpha value is -1.16. The maximum atomic E-state index is 5.36. The van der Waals surface area contributed by atoms with Crippen LogP contribution >= 0.6 is 0 Å². The molecule has 1 N–H and O–H groups in total. The Morgan fingerprint density at radius 2 is 2.00 bits per heavy atom. The van der Waals surface area contributed by atoms with Crippen molar-refractivity contribution in [2.75, 3.05) is 19.5 Å². The first-order valence-electron chi connectivity index (χ1n) is 5.75. The molecule has 0 radical (unpaired) electrons. The molecule has 1 unspecified atom stereocenters. The average molecular weight is 223 g/mol. The van der Waals surface area contributed by atoms with E-state index < -0.39 is 0 Å². The number of aromatic nitrogens is 2. The van der Waals surface area contributed by atoms with E-state index in [9.17, 15) is 0 Å². The Bertz CT molecular complexity index is 348. The summed E-state index contributed by atoms with van der Waals surface area (Å²) in [6.07, 6.45) is 1.80. The van der Waals surface area contributed by atoms with Crippen molar-refractivity contribution >= 4 is 5.82 Å². The van der Waals surface area contributed by atoms with Crippen LogP contribution in [0, 0.1) is 6.92 Å². The average Bonchev–Trinajstić information content (AvgIpc) is 2.29. The van der Waals surface area contributed by atoms with E-state index in [2.05, 4.69) is 29.1 Å². The third-order valence-corrected chi connectivity index (χ3v) is 2.76. The zero-order valence-corrected chi connectivity index (χ0v) is 10.8. The summed E-state index contributed by atoms with van der Waals surface area (Å²) in [6, 6.07) is 0. The van der Waals surface area contributed by atoms with E-state index in [-0.39, 0.29) is 6.10 Å². The molecule has 4 nitrogen and oxygen atoms in total. The smallest absolute Gasteiger partial charge is 0.159 e. The minimum Gasteiger partial charge on any atom is -0.373 e. The Morgan fingerprint density at radius 3 is 2.44 bits per heavy atom. The highest BCUT2D eigenvalue weighted by Crippen LogP contribution is 2.22. The third kappa shape index (κ3) is 2.50. The van der Waals surface area contributed by atoms with E-state index in [1.165, 1.54) is 5.56 Å². The van der Waals surface area contributed by atoms with Crippen LogP contribution in [0.5, 0.6) is 0 Å². The SMILES string of the molecule is CCc1c(C)nc(C(CC)OC)nc1NC. The standard InChI is InChI=1S/C12H21N3O/c1-6-9-8(3)14-12(10(7-2)16-5)15-11(9)13-4/h10H,6-7H2,1-5H3,(H,13,14,15). The van der Waals surface area contributed by atoms with Crippen LogP contribution in [0.4, 0.5) is 5.82 Å². The van der Waals surface area contributed by atoms with Crippen molar-refractivity contribution in [3.8, 4) is 0 Å². The Morgan fingerprint density at radius 1 is 1.31 bits per heavy atom. The predicted octanol–water partition coefficient (Wildman–Crippen LogP) is 2.49. The molecular formula is C12H21N3O. The summed E-state index contributed by atoms with van der Waals surface area (Å²) in [5.41, 5.74) is 2.21. The van der Waals surface area contributed by atoms with Gasteiger partial charge in [0.25, 0.3) is 0 Å². The minimum atomic E-state index is -0.0169. The minimum absolute atomic E-state index is 0.0169. The number of aryl methyl sites for hydroxylation is 1. The molecule has 4 heteroatoms. The normalized spacial score (nSPS) is 12.6. The summed E-state index contributed by atoms with van der Waals surface area (Å²) in [6.45, 7) is 6.20. The van der Waals surface area contributed by atoms with Gasteiger partial charge in [-0.15, -0.1) is 0 Å². The number of anilines is 1. The van der Waals surface area contributed by atoms with Crippen molar-refractivity contribution in [3.05, 3.63) is 17.1 Å². The number of methoxy groups -OCH3 is 1. The monoisotopic (exact) mass is 223 g/mol. The van der Waals surface area contributed by atoms with Gasteiger partial charge in [0.15, 0.2) is 5.82 Å². The molecule has 1 atom stereocenters. The highest BCUT2D eigenvalue weighted by molar-refractivity contribution is 5.46. The summed E-state index contributed by atoms with van der Waals surface area (Å²) >= 11 is 0. The van der Waals surface area contributed by atoms with Gasteiger partial charge in [0.2, 0.25) is 0 Å². The lowest BCUT2D eigenvalue weighted by Crippen LogP contribution is -2.11. The van der Waals surface area contributed by atoms with Gasteiger partial charge in [0, 0.05) is 25.4 Å². The molecule has 1 aromatic heterocycles. The molecule has 16 heavy (non-hydrogen) atoms. The fourth-order valence-corrected chi connectivity index (χ4v) is 1.85. The second kappa shape index (κ2) is 5.80. The highest BCUT2D eigenvalue weighted by Gasteiger charge is 2.15. The Balaban J connectivity index is 3.19. The molecule has 0 spiro atoms. The van der Waals surface area contributed by atoms with E-state index in [4.69, 9.17) is 4.74 Å². The lowest BCUT2D eigenvalue weighted by atomic mass is 10.1. The summed E-state index contributed by atoms with van der Waals surface area (Å²) in [4.78, 5) is 9.04. The third-order valence-electron chi connectivity index (χ3n) is 2.76. The maximum absolute atomic E-state index is 5.36. The second-order valence-corrected chi connectivity index (χ2v) is 3.73. The van der Waals surface area contributed by atoms with E-state index in [0.29, 0.717) is 0 Å².